The summed E-state index contributed by atoms with van der Waals surface area (Å²) in [4.78, 5) is 37.8. The summed E-state index contributed by atoms with van der Waals surface area (Å²) in [6.45, 7) is 1.26. The lowest BCUT2D eigenvalue weighted by molar-refractivity contribution is -0.149. The maximum Gasteiger partial charge on any atom is 0.331 e. The van der Waals surface area contributed by atoms with E-state index in [9.17, 15) is 18.8 Å². The summed E-state index contributed by atoms with van der Waals surface area (Å²) < 4.78 is 18.3. The third-order valence-corrected chi connectivity index (χ3v) is 4.32. The maximum absolute atomic E-state index is 13.2. The van der Waals surface area contributed by atoms with Crippen LogP contribution in [0.4, 0.5) is 15.8 Å². The largest absolute Gasteiger partial charge is 0.449 e. The number of anilines is 2. The highest BCUT2D eigenvalue weighted by atomic mass is 35.5. The van der Waals surface area contributed by atoms with Crippen molar-refractivity contribution in [3.05, 3.63) is 64.9 Å². The topological polar surface area (TPSA) is 75.7 Å². The number of ether oxygens (including phenoxy) is 1. The minimum Gasteiger partial charge on any atom is -0.449 e. The fourth-order valence-corrected chi connectivity index (χ4v) is 2.88. The Morgan fingerprint density at radius 1 is 1.29 bits per heavy atom. The van der Waals surface area contributed by atoms with Gasteiger partial charge < -0.3 is 10.1 Å². The lowest BCUT2D eigenvalue weighted by atomic mass is 10.1. The Hall–Kier alpha value is -3.19. The zero-order valence-electron chi connectivity index (χ0n) is 14.8. The molecule has 28 heavy (non-hydrogen) atoms. The molecule has 0 aromatic heterocycles. The number of fused-ring (bicyclic) bond motifs is 1. The fraction of sp³-hybridized carbons (Fsp3) is 0.150. The second kappa shape index (κ2) is 8.22. The number of para-hydroxylation sites is 2. The van der Waals surface area contributed by atoms with Gasteiger partial charge in [-0.1, -0.05) is 29.8 Å². The van der Waals surface area contributed by atoms with E-state index in [2.05, 4.69) is 5.32 Å². The SMILES string of the molecule is C[C@H](OC(=O)/C=C/c1ccc(F)c(Cl)c1)C(=O)N1CC(=O)Nc2ccccc21. The van der Waals surface area contributed by atoms with Gasteiger partial charge in [0, 0.05) is 6.08 Å². The van der Waals surface area contributed by atoms with Crippen LogP contribution in [0.3, 0.4) is 0 Å². The first-order valence-electron chi connectivity index (χ1n) is 8.39. The van der Waals surface area contributed by atoms with Crippen LogP contribution in [0.15, 0.2) is 48.5 Å². The van der Waals surface area contributed by atoms with E-state index in [0.29, 0.717) is 16.9 Å². The Morgan fingerprint density at radius 3 is 2.79 bits per heavy atom. The van der Waals surface area contributed by atoms with E-state index in [0.717, 1.165) is 6.08 Å². The molecule has 2 aromatic rings. The van der Waals surface area contributed by atoms with Crippen LogP contribution in [0.1, 0.15) is 12.5 Å². The molecule has 144 valence electrons. The second-order valence-corrected chi connectivity index (χ2v) is 6.48. The molecule has 2 amide bonds. The number of carbonyl (C=O) groups is 3. The molecule has 8 heteroatoms. The van der Waals surface area contributed by atoms with E-state index in [1.165, 1.54) is 36.1 Å². The van der Waals surface area contributed by atoms with Crippen LogP contribution in [0.25, 0.3) is 6.08 Å². The molecule has 1 atom stereocenters. The normalized spacial score (nSPS) is 14.4. The molecule has 3 rings (SSSR count). The Balaban J connectivity index is 1.67. The van der Waals surface area contributed by atoms with Gasteiger partial charge in [-0.3, -0.25) is 14.5 Å². The number of hydrogen-bond donors (Lipinski definition) is 1. The molecule has 0 spiro atoms. The molecule has 0 aliphatic carbocycles. The van der Waals surface area contributed by atoms with E-state index in [4.69, 9.17) is 16.3 Å². The summed E-state index contributed by atoms with van der Waals surface area (Å²) in [6.07, 6.45) is 1.41. The van der Waals surface area contributed by atoms with E-state index in [1.54, 1.807) is 24.3 Å². The van der Waals surface area contributed by atoms with Crippen LogP contribution in [0, 0.1) is 5.82 Å². The summed E-state index contributed by atoms with van der Waals surface area (Å²) in [5.41, 5.74) is 1.55. The van der Waals surface area contributed by atoms with Gasteiger partial charge in [0.1, 0.15) is 12.4 Å². The monoisotopic (exact) mass is 402 g/mol. The summed E-state index contributed by atoms with van der Waals surface area (Å²) in [7, 11) is 0. The number of carbonyl (C=O) groups excluding carboxylic acids is 3. The van der Waals surface area contributed by atoms with Crippen LogP contribution in [-0.4, -0.2) is 30.4 Å². The highest BCUT2D eigenvalue weighted by Gasteiger charge is 2.31. The summed E-state index contributed by atoms with van der Waals surface area (Å²) >= 11 is 5.69. The van der Waals surface area contributed by atoms with Crippen molar-refractivity contribution in [2.24, 2.45) is 0 Å². The predicted molar refractivity (Wildman–Crippen MR) is 103 cm³/mol. The molecule has 0 saturated carbocycles. The summed E-state index contributed by atoms with van der Waals surface area (Å²) in [6, 6.07) is 10.8. The third kappa shape index (κ3) is 4.37. The summed E-state index contributed by atoms with van der Waals surface area (Å²) in [5.74, 6) is -2.17. The Labute approximate surface area is 165 Å². The van der Waals surface area contributed by atoms with Crippen LogP contribution >= 0.6 is 11.6 Å². The van der Waals surface area contributed by atoms with Crippen molar-refractivity contribution in [3.8, 4) is 0 Å². The van der Waals surface area contributed by atoms with Gasteiger partial charge in [-0.05, 0) is 42.8 Å². The van der Waals surface area contributed by atoms with E-state index in [-0.39, 0.29) is 17.5 Å². The Morgan fingerprint density at radius 2 is 2.04 bits per heavy atom. The predicted octanol–water partition coefficient (Wildman–Crippen LogP) is 3.41. The van der Waals surface area contributed by atoms with E-state index in [1.807, 2.05) is 0 Å². The highest BCUT2D eigenvalue weighted by molar-refractivity contribution is 6.30. The zero-order chi connectivity index (χ0) is 20.3. The van der Waals surface area contributed by atoms with Crippen LogP contribution in [0.5, 0.6) is 0 Å². The molecule has 1 aliphatic rings. The molecule has 6 nitrogen and oxygen atoms in total. The molecule has 1 N–H and O–H groups in total. The van der Waals surface area contributed by atoms with Crippen LogP contribution in [-0.2, 0) is 19.1 Å². The van der Waals surface area contributed by atoms with Crippen molar-refractivity contribution in [2.75, 3.05) is 16.8 Å². The molecule has 0 bridgehead atoms. The molecular formula is C20H16ClFN2O4. The van der Waals surface area contributed by atoms with Gasteiger partial charge in [0.15, 0.2) is 6.10 Å². The molecule has 1 heterocycles. The molecule has 0 saturated heterocycles. The van der Waals surface area contributed by atoms with Gasteiger partial charge >= 0.3 is 5.97 Å². The molecule has 0 unspecified atom stereocenters. The van der Waals surface area contributed by atoms with Gasteiger partial charge in [-0.25, -0.2) is 9.18 Å². The Bertz CT molecular complexity index is 976. The highest BCUT2D eigenvalue weighted by Crippen LogP contribution is 2.29. The van der Waals surface area contributed by atoms with E-state index >= 15 is 0 Å². The molecule has 0 fully saturated rings. The van der Waals surface area contributed by atoms with Crippen LogP contribution in [0.2, 0.25) is 5.02 Å². The second-order valence-electron chi connectivity index (χ2n) is 6.08. The first kappa shape index (κ1) is 19.6. The quantitative estimate of drug-likeness (QED) is 0.628. The lowest BCUT2D eigenvalue weighted by Crippen LogP contribution is -2.46. The first-order valence-corrected chi connectivity index (χ1v) is 8.77. The third-order valence-electron chi connectivity index (χ3n) is 4.03. The average Bonchev–Trinajstić information content (AvgIpc) is 2.67. The first-order chi connectivity index (χ1) is 13.3. The number of benzene rings is 2. The maximum atomic E-state index is 13.2. The number of esters is 1. The van der Waals surface area contributed by atoms with E-state index < -0.39 is 23.8 Å². The fourth-order valence-electron chi connectivity index (χ4n) is 2.69. The lowest BCUT2D eigenvalue weighted by Gasteiger charge is -2.30. The summed E-state index contributed by atoms with van der Waals surface area (Å²) in [5, 5.41) is 2.61. The van der Waals surface area contributed by atoms with Gasteiger partial charge in [0.2, 0.25) is 5.91 Å². The van der Waals surface area contributed by atoms with Gasteiger partial charge in [0.25, 0.3) is 5.91 Å². The molecule has 0 radical (unpaired) electrons. The van der Waals surface area contributed by atoms with Crippen molar-refractivity contribution in [3.63, 3.8) is 0 Å². The van der Waals surface area contributed by atoms with Crippen molar-refractivity contribution in [1.29, 1.82) is 0 Å². The van der Waals surface area contributed by atoms with Crippen molar-refractivity contribution in [2.45, 2.75) is 13.0 Å². The number of halogens is 2. The minimum atomic E-state index is -1.10. The van der Waals surface area contributed by atoms with Gasteiger partial charge in [-0.2, -0.15) is 0 Å². The number of hydrogen-bond acceptors (Lipinski definition) is 4. The number of rotatable bonds is 4. The minimum absolute atomic E-state index is 0.0684. The van der Waals surface area contributed by atoms with Crippen molar-refractivity contribution in [1.82, 2.24) is 0 Å². The smallest absolute Gasteiger partial charge is 0.331 e. The van der Waals surface area contributed by atoms with Crippen LogP contribution < -0.4 is 10.2 Å². The molecular weight excluding hydrogens is 387 g/mol. The van der Waals surface area contributed by atoms with Crippen molar-refractivity contribution < 1.29 is 23.5 Å². The Kier molecular flexibility index (Phi) is 5.75. The molecule has 2 aromatic carbocycles. The van der Waals surface area contributed by atoms with Gasteiger partial charge in [0.05, 0.1) is 16.4 Å². The number of nitrogens with one attached hydrogen (secondary N) is 1. The van der Waals surface area contributed by atoms with Crippen molar-refractivity contribution >= 4 is 46.8 Å². The number of amides is 2. The van der Waals surface area contributed by atoms with Gasteiger partial charge in [-0.15, -0.1) is 0 Å². The number of nitrogens with zero attached hydrogens (tertiary/aromatic N) is 1. The molecule has 1 aliphatic heterocycles. The average molecular weight is 403 g/mol. The standard InChI is InChI=1S/C20H16ClFN2O4/c1-12(28-19(26)9-7-13-6-8-15(22)14(21)10-13)20(27)24-11-18(25)23-16-4-2-3-5-17(16)24/h2-10,12H,11H2,1H3,(H,23,25)/b9-7+/t12-/m0/s1. The zero-order valence-corrected chi connectivity index (χ0v) is 15.6.